The van der Waals surface area contributed by atoms with Crippen molar-refractivity contribution in [1.29, 1.82) is 0 Å². The maximum atomic E-state index is 13.7. The van der Waals surface area contributed by atoms with Gasteiger partial charge in [-0.05, 0) is 24.5 Å². The number of carbonyl (C=O) groups is 1. The van der Waals surface area contributed by atoms with E-state index in [0.717, 1.165) is 16.8 Å². The van der Waals surface area contributed by atoms with E-state index < -0.39 is 62.2 Å². The molecule has 1 aliphatic heterocycles. The Bertz CT molecular complexity index is 1180. The number of hydrogen-bond acceptors (Lipinski definition) is 10. The van der Waals surface area contributed by atoms with Gasteiger partial charge in [-0.3, -0.25) is 23.7 Å². The molecule has 6 atom stereocenters. The van der Waals surface area contributed by atoms with Gasteiger partial charge in [-0.2, -0.15) is 5.09 Å². The summed E-state index contributed by atoms with van der Waals surface area (Å²) in [5.41, 5.74) is -1.49. The van der Waals surface area contributed by atoms with Crippen molar-refractivity contribution in [2.45, 2.75) is 50.8 Å². The highest BCUT2D eigenvalue weighted by Gasteiger charge is 2.46. The van der Waals surface area contributed by atoms with Gasteiger partial charge in [0.05, 0.1) is 13.7 Å². The molecule has 1 fully saturated rings. The number of hydrogen-bond donors (Lipinski definition) is 4. The second kappa shape index (κ2) is 12.0. The molecule has 1 aromatic carbocycles. The molecule has 2 heterocycles. The lowest BCUT2D eigenvalue weighted by molar-refractivity contribution is -0.143. The molecule has 0 aliphatic carbocycles. The van der Waals surface area contributed by atoms with Gasteiger partial charge in [0, 0.05) is 12.3 Å². The average molecular weight is 527 g/mol. The van der Waals surface area contributed by atoms with Crippen molar-refractivity contribution < 1.29 is 38.1 Å². The minimum Gasteiger partial charge on any atom is -0.468 e. The fourth-order valence-corrected chi connectivity index (χ4v) is 5.13. The Morgan fingerprint density at radius 3 is 2.50 bits per heavy atom. The van der Waals surface area contributed by atoms with Crippen LogP contribution in [-0.4, -0.2) is 63.8 Å². The van der Waals surface area contributed by atoms with E-state index in [1.54, 1.807) is 18.2 Å². The van der Waals surface area contributed by atoms with E-state index in [1.807, 2.05) is 18.8 Å². The van der Waals surface area contributed by atoms with Crippen LogP contribution in [0.15, 0.2) is 52.2 Å². The minimum absolute atomic E-state index is 0.0262. The van der Waals surface area contributed by atoms with E-state index in [2.05, 4.69) is 5.09 Å². The highest BCUT2D eigenvalue weighted by atomic mass is 31.2. The Hall–Kier alpha value is -2.80. The number of esters is 1. The van der Waals surface area contributed by atoms with Crippen LogP contribution in [0.3, 0.4) is 0 Å². The van der Waals surface area contributed by atoms with E-state index in [4.69, 9.17) is 18.5 Å². The molecule has 4 N–H and O–H groups in total. The molecule has 13 nitrogen and oxygen atoms in total. The summed E-state index contributed by atoms with van der Waals surface area (Å²) in [6, 6.07) is 8.13. The summed E-state index contributed by atoms with van der Waals surface area (Å²) < 4.78 is 36.2. The van der Waals surface area contributed by atoms with Crippen LogP contribution in [0.1, 0.15) is 26.5 Å². The standard InChI is InChI=1S/C22H30N3O10P/c1-13(2)11-15(21(29)32-3)24-36(31,35-14-7-5-4-6-8-14)33-12-16-18(27)19(28)20(34-16)25-10-9-17(26)23-22(25)30/h4-10,13,15-16,18-20,27-28H,11-12H2,1-3H3,(H,24,31)(H,23,26,30)/t15-,16+,18+,19+,20+,36?/m0/s1. The predicted octanol–water partition coefficient (Wildman–Crippen LogP) is 0.537. The summed E-state index contributed by atoms with van der Waals surface area (Å²) in [5, 5.41) is 23.5. The van der Waals surface area contributed by atoms with Crippen LogP contribution in [0.4, 0.5) is 0 Å². The zero-order valence-electron chi connectivity index (χ0n) is 20.0. The van der Waals surface area contributed by atoms with Crippen molar-refractivity contribution >= 4 is 13.7 Å². The Labute approximate surface area is 206 Å². The Kier molecular flexibility index (Phi) is 9.23. The first-order valence-corrected chi connectivity index (χ1v) is 12.7. The molecule has 0 radical (unpaired) electrons. The number of benzene rings is 1. The first-order valence-electron chi connectivity index (χ1n) is 11.2. The maximum absolute atomic E-state index is 13.7. The number of ether oxygens (including phenoxy) is 2. The van der Waals surface area contributed by atoms with Crippen LogP contribution in [0, 0.1) is 5.92 Å². The number of nitrogens with one attached hydrogen (secondary N) is 2. The van der Waals surface area contributed by atoms with Crippen molar-refractivity contribution in [2.75, 3.05) is 13.7 Å². The summed E-state index contributed by atoms with van der Waals surface area (Å²) in [5.74, 6) is -0.459. The van der Waals surface area contributed by atoms with Crippen molar-refractivity contribution in [2.24, 2.45) is 5.92 Å². The van der Waals surface area contributed by atoms with Crippen molar-refractivity contribution in [3.05, 3.63) is 63.4 Å². The second-order valence-corrected chi connectivity index (χ2v) is 10.3. The molecule has 0 bridgehead atoms. The topological polar surface area (TPSA) is 178 Å². The summed E-state index contributed by atoms with van der Waals surface area (Å²) in [4.78, 5) is 37.8. The van der Waals surface area contributed by atoms with Crippen LogP contribution in [0.2, 0.25) is 0 Å². The molecule has 14 heteroatoms. The molecule has 1 aliphatic rings. The van der Waals surface area contributed by atoms with E-state index in [0.29, 0.717) is 0 Å². The summed E-state index contributed by atoms with van der Waals surface area (Å²) in [7, 11) is -3.07. The monoisotopic (exact) mass is 527 g/mol. The fourth-order valence-electron chi connectivity index (χ4n) is 3.61. The zero-order valence-corrected chi connectivity index (χ0v) is 20.9. The van der Waals surface area contributed by atoms with E-state index in [-0.39, 0.29) is 18.1 Å². The number of methoxy groups -OCH3 is 1. The van der Waals surface area contributed by atoms with Gasteiger partial charge in [0.25, 0.3) is 5.56 Å². The molecule has 3 rings (SSSR count). The highest BCUT2D eigenvalue weighted by molar-refractivity contribution is 7.52. The molecular formula is C22H30N3O10P. The predicted molar refractivity (Wildman–Crippen MR) is 126 cm³/mol. The lowest BCUT2D eigenvalue weighted by atomic mass is 10.1. The second-order valence-electron chi connectivity index (χ2n) is 8.60. The van der Waals surface area contributed by atoms with Crippen LogP contribution in [0.5, 0.6) is 5.75 Å². The Balaban J connectivity index is 1.80. The molecule has 36 heavy (non-hydrogen) atoms. The van der Waals surface area contributed by atoms with Crippen molar-refractivity contribution in [3.63, 3.8) is 0 Å². The number of nitrogens with zero attached hydrogens (tertiary/aromatic N) is 1. The molecule has 0 saturated carbocycles. The van der Waals surface area contributed by atoms with E-state index in [9.17, 15) is 29.2 Å². The Morgan fingerprint density at radius 1 is 1.19 bits per heavy atom. The third-order valence-electron chi connectivity index (χ3n) is 5.35. The third kappa shape index (κ3) is 6.90. The first kappa shape index (κ1) is 27.8. The van der Waals surface area contributed by atoms with Gasteiger partial charge in [-0.1, -0.05) is 32.0 Å². The van der Waals surface area contributed by atoms with E-state index in [1.165, 1.54) is 19.2 Å². The number of para-hydroxylation sites is 1. The number of carbonyl (C=O) groups excluding carboxylic acids is 1. The number of aliphatic hydroxyl groups is 2. The first-order chi connectivity index (χ1) is 17.0. The molecule has 2 aromatic rings. The van der Waals surface area contributed by atoms with Crippen molar-refractivity contribution in [1.82, 2.24) is 14.6 Å². The summed E-state index contributed by atoms with van der Waals surface area (Å²) in [6.07, 6.45) is -4.30. The van der Waals surface area contributed by atoms with Crippen LogP contribution >= 0.6 is 7.75 Å². The minimum atomic E-state index is -4.27. The van der Waals surface area contributed by atoms with Gasteiger partial charge >= 0.3 is 19.4 Å². The van der Waals surface area contributed by atoms with Crippen molar-refractivity contribution in [3.8, 4) is 5.75 Å². The molecule has 0 amide bonds. The largest absolute Gasteiger partial charge is 0.468 e. The van der Waals surface area contributed by atoms with Gasteiger partial charge in [0.2, 0.25) is 0 Å². The normalized spacial score (nSPS) is 24.3. The number of rotatable bonds is 11. The van der Waals surface area contributed by atoms with Gasteiger partial charge in [0.1, 0.15) is 30.1 Å². The zero-order chi connectivity index (χ0) is 26.5. The van der Waals surface area contributed by atoms with Crippen LogP contribution in [0.25, 0.3) is 0 Å². The number of aromatic amines is 1. The number of aromatic nitrogens is 2. The van der Waals surface area contributed by atoms with E-state index >= 15 is 0 Å². The van der Waals surface area contributed by atoms with Crippen LogP contribution in [-0.2, 0) is 23.4 Å². The lowest BCUT2D eigenvalue weighted by Crippen LogP contribution is -2.39. The molecule has 1 aromatic heterocycles. The number of H-pyrrole nitrogens is 1. The Morgan fingerprint density at radius 2 is 1.89 bits per heavy atom. The number of aliphatic hydroxyl groups excluding tert-OH is 2. The van der Waals surface area contributed by atoms with Gasteiger partial charge in [-0.25, -0.2) is 9.36 Å². The van der Waals surface area contributed by atoms with Gasteiger partial charge in [0.15, 0.2) is 6.23 Å². The lowest BCUT2D eigenvalue weighted by Gasteiger charge is -2.26. The molecule has 0 spiro atoms. The molecule has 1 unspecified atom stereocenters. The maximum Gasteiger partial charge on any atom is 0.459 e. The summed E-state index contributed by atoms with van der Waals surface area (Å²) in [6.45, 7) is 3.19. The fraction of sp³-hybridized carbons (Fsp3) is 0.500. The quantitative estimate of drug-likeness (QED) is 0.237. The van der Waals surface area contributed by atoms with Gasteiger partial charge in [-0.15, -0.1) is 0 Å². The highest BCUT2D eigenvalue weighted by Crippen LogP contribution is 2.46. The third-order valence-corrected chi connectivity index (χ3v) is 6.91. The molecule has 198 valence electrons. The van der Waals surface area contributed by atoms with Gasteiger partial charge < -0.3 is 24.2 Å². The smallest absolute Gasteiger partial charge is 0.459 e. The summed E-state index contributed by atoms with van der Waals surface area (Å²) >= 11 is 0. The van der Waals surface area contributed by atoms with Crippen LogP contribution < -0.4 is 20.9 Å². The molecule has 1 saturated heterocycles. The average Bonchev–Trinajstić information content (AvgIpc) is 3.11. The molecular weight excluding hydrogens is 497 g/mol. The SMILES string of the molecule is COC(=O)[C@H](CC(C)C)NP(=O)(OC[C@H]1O[C@@H](n2ccc(=O)[nH]c2=O)[C@H](O)[C@@H]1O)Oc1ccccc1.